The molecule has 27 heavy (non-hydrogen) atoms. The van der Waals surface area contributed by atoms with Crippen LogP contribution in [0.3, 0.4) is 0 Å². The fourth-order valence-corrected chi connectivity index (χ4v) is 3.26. The molecule has 0 radical (unpaired) electrons. The molecular weight excluding hydrogens is 351 g/mol. The molecule has 0 atom stereocenters. The summed E-state index contributed by atoms with van der Waals surface area (Å²) >= 11 is 0. The van der Waals surface area contributed by atoms with Gasteiger partial charge >= 0.3 is 0 Å². The molecule has 0 bridgehead atoms. The molecule has 0 aromatic heterocycles. The first kappa shape index (κ1) is 18.8. The summed E-state index contributed by atoms with van der Waals surface area (Å²) < 4.78 is 29.1. The average molecular weight is 374 g/mol. The molecule has 1 fully saturated rings. The zero-order valence-corrected chi connectivity index (χ0v) is 15.7. The van der Waals surface area contributed by atoms with Crippen molar-refractivity contribution in [3.8, 4) is 17.2 Å². The number of carbonyl (C=O) groups excluding carboxylic acids is 1. The highest BCUT2D eigenvalue weighted by Gasteiger charge is 2.27. The van der Waals surface area contributed by atoms with Gasteiger partial charge in [0.25, 0.3) is 5.91 Å². The van der Waals surface area contributed by atoms with Crippen LogP contribution in [-0.2, 0) is 0 Å². The largest absolute Gasteiger partial charge is 0.493 e. The molecule has 0 aliphatic carbocycles. The summed E-state index contributed by atoms with van der Waals surface area (Å²) in [5.41, 5.74) is 1.39. The van der Waals surface area contributed by atoms with Crippen molar-refractivity contribution in [1.29, 1.82) is 0 Å². The van der Waals surface area contributed by atoms with Crippen molar-refractivity contribution in [3.05, 3.63) is 47.8 Å². The summed E-state index contributed by atoms with van der Waals surface area (Å²) in [7, 11) is 4.55. The van der Waals surface area contributed by atoms with E-state index in [0.29, 0.717) is 49.0 Å². The maximum atomic E-state index is 13.1. The van der Waals surface area contributed by atoms with Crippen molar-refractivity contribution in [2.75, 3.05) is 52.4 Å². The van der Waals surface area contributed by atoms with E-state index in [0.717, 1.165) is 5.69 Å². The Morgan fingerprint density at radius 2 is 1.48 bits per heavy atom. The minimum absolute atomic E-state index is 0.119. The predicted molar refractivity (Wildman–Crippen MR) is 101 cm³/mol. The van der Waals surface area contributed by atoms with E-state index in [4.69, 9.17) is 14.2 Å². The van der Waals surface area contributed by atoms with E-state index < -0.39 is 0 Å². The van der Waals surface area contributed by atoms with Gasteiger partial charge in [-0.05, 0) is 36.4 Å². The first-order chi connectivity index (χ1) is 13.1. The van der Waals surface area contributed by atoms with E-state index in [-0.39, 0.29) is 11.7 Å². The SMILES string of the molecule is COc1ccc(C(=O)N2CCN(c3ccc(F)cc3)CC2)c(OC)c1OC. The second kappa shape index (κ2) is 8.16. The van der Waals surface area contributed by atoms with E-state index in [9.17, 15) is 9.18 Å². The molecule has 1 saturated heterocycles. The van der Waals surface area contributed by atoms with Gasteiger partial charge < -0.3 is 24.0 Å². The lowest BCUT2D eigenvalue weighted by atomic mass is 10.1. The van der Waals surface area contributed by atoms with Gasteiger partial charge in [-0.3, -0.25) is 4.79 Å². The summed E-state index contributed by atoms with van der Waals surface area (Å²) in [6.45, 7) is 2.47. The molecule has 7 heteroatoms. The molecule has 0 spiro atoms. The second-order valence-electron chi connectivity index (χ2n) is 6.14. The molecule has 1 aliphatic rings. The van der Waals surface area contributed by atoms with Gasteiger partial charge in [-0.25, -0.2) is 4.39 Å². The fraction of sp³-hybridized carbons (Fsp3) is 0.350. The number of methoxy groups -OCH3 is 3. The maximum absolute atomic E-state index is 13.1. The number of benzene rings is 2. The van der Waals surface area contributed by atoms with Gasteiger partial charge in [0.05, 0.1) is 26.9 Å². The number of piperazine rings is 1. The Hall–Kier alpha value is -2.96. The third kappa shape index (κ3) is 3.77. The van der Waals surface area contributed by atoms with Crippen LogP contribution in [0.25, 0.3) is 0 Å². The van der Waals surface area contributed by atoms with E-state index in [2.05, 4.69) is 4.90 Å². The van der Waals surface area contributed by atoms with Crippen molar-refractivity contribution in [2.24, 2.45) is 0 Å². The predicted octanol–water partition coefficient (Wildman–Crippen LogP) is 2.81. The Morgan fingerprint density at radius 1 is 0.852 bits per heavy atom. The van der Waals surface area contributed by atoms with E-state index in [1.54, 1.807) is 29.2 Å². The molecule has 0 N–H and O–H groups in total. The number of rotatable bonds is 5. The highest BCUT2D eigenvalue weighted by Crippen LogP contribution is 2.40. The molecule has 0 unspecified atom stereocenters. The van der Waals surface area contributed by atoms with Crippen LogP contribution >= 0.6 is 0 Å². The van der Waals surface area contributed by atoms with Crippen LogP contribution in [0.15, 0.2) is 36.4 Å². The van der Waals surface area contributed by atoms with Gasteiger partial charge in [-0.1, -0.05) is 0 Å². The Morgan fingerprint density at radius 3 is 2.04 bits per heavy atom. The normalized spacial score (nSPS) is 14.1. The van der Waals surface area contributed by atoms with E-state index in [1.807, 2.05) is 0 Å². The average Bonchev–Trinajstić information content (AvgIpc) is 2.72. The smallest absolute Gasteiger partial charge is 0.257 e. The minimum Gasteiger partial charge on any atom is -0.493 e. The molecule has 6 nitrogen and oxygen atoms in total. The van der Waals surface area contributed by atoms with Crippen LogP contribution in [0.2, 0.25) is 0 Å². The van der Waals surface area contributed by atoms with Crippen LogP contribution < -0.4 is 19.1 Å². The van der Waals surface area contributed by atoms with E-state index >= 15 is 0 Å². The van der Waals surface area contributed by atoms with Gasteiger partial charge in [0.1, 0.15) is 5.82 Å². The first-order valence-electron chi connectivity index (χ1n) is 8.67. The van der Waals surface area contributed by atoms with Gasteiger partial charge in [0.2, 0.25) is 5.75 Å². The van der Waals surface area contributed by atoms with Crippen molar-refractivity contribution in [1.82, 2.24) is 4.90 Å². The van der Waals surface area contributed by atoms with Gasteiger partial charge in [-0.15, -0.1) is 0 Å². The quantitative estimate of drug-likeness (QED) is 0.806. The third-order valence-electron chi connectivity index (χ3n) is 4.69. The Balaban J connectivity index is 1.75. The number of carbonyl (C=O) groups is 1. The second-order valence-corrected chi connectivity index (χ2v) is 6.14. The molecule has 2 aromatic rings. The summed E-state index contributed by atoms with van der Waals surface area (Å²) in [4.78, 5) is 16.9. The molecule has 1 amide bonds. The molecule has 3 rings (SSSR count). The monoisotopic (exact) mass is 374 g/mol. The zero-order chi connectivity index (χ0) is 19.4. The Bertz CT molecular complexity index is 802. The standard InChI is InChI=1S/C20H23FN2O4/c1-25-17-9-8-16(18(26-2)19(17)27-3)20(24)23-12-10-22(11-13-23)15-6-4-14(21)5-7-15/h4-9H,10-13H2,1-3H3. The number of anilines is 1. The zero-order valence-electron chi connectivity index (χ0n) is 15.7. The van der Waals surface area contributed by atoms with Gasteiger partial charge in [-0.2, -0.15) is 0 Å². The van der Waals surface area contributed by atoms with Crippen LogP contribution in [0.5, 0.6) is 17.2 Å². The topological polar surface area (TPSA) is 51.2 Å². The molecule has 0 saturated carbocycles. The van der Waals surface area contributed by atoms with Crippen LogP contribution in [0, 0.1) is 5.82 Å². The number of halogens is 1. The lowest BCUT2D eigenvalue weighted by Gasteiger charge is -2.36. The molecule has 2 aromatic carbocycles. The number of hydrogen-bond donors (Lipinski definition) is 0. The summed E-state index contributed by atoms with van der Waals surface area (Å²) in [6, 6.07) is 9.79. The van der Waals surface area contributed by atoms with Crippen molar-refractivity contribution >= 4 is 11.6 Å². The number of hydrogen-bond acceptors (Lipinski definition) is 5. The number of nitrogens with zero attached hydrogens (tertiary/aromatic N) is 2. The lowest BCUT2D eigenvalue weighted by Crippen LogP contribution is -2.48. The fourth-order valence-electron chi connectivity index (χ4n) is 3.26. The van der Waals surface area contributed by atoms with E-state index in [1.165, 1.54) is 33.5 Å². The number of amides is 1. The molecular formula is C20H23FN2O4. The summed E-state index contributed by atoms with van der Waals surface area (Å²) in [5.74, 6) is 0.894. The number of ether oxygens (including phenoxy) is 3. The maximum Gasteiger partial charge on any atom is 0.257 e. The summed E-state index contributed by atoms with van der Waals surface area (Å²) in [5, 5.41) is 0. The highest BCUT2D eigenvalue weighted by molar-refractivity contribution is 5.98. The van der Waals surface area contributed by atoms with Crippen LogP contribution in [-0.4, -0.2) is 58.3 Å². The van der Waals surface area contributed by atoms with Gasteiger partial charge in [0, 0.05) is 31.9 Å². The van der Waals surface area contributed by atoms with Crippen LogP contribution in [0.4, 0.5) is 10.1 Å². The first-order valence-corrected chi connectivity index (χ1v) is 8.67. The lowest BCUT2D eigenvalue weighted by molar-refractivity contribution is 0.0742. The molecule has 144 valence electrons. The van der Waals surface area contributed by atoms with Crippen molar-refractivity contribution in [2.45, 2.75) is 0 Å². The van der Waals surface area contributed by atoms with Gasteiger partial charge in [0.15, 0.2) is 11.5 Å². The minimum atomic E-state index is -0.256. The Labute approximate surface area is 158 Å². The summed E-state index contributed by atoms with van der Waals surface area (Å²) in [6.07, 6.45) is 0. The molecule has 1 aliphatic heterocycles. The van der Waals surface area contributed by atoms with Crippen molar-refractivity contribution in [3.63, 3.8) is 0 Å². The van der Waals surface area contributed by atoms with Crippen molar-refractivity contribution < 1.29 is 23.4 Å². The Kier molecular flexibility index (Phi) is 5.69. The highest BCUT2D eigenvalue weighted by atomic mass is 19.1. The molecule has 1 heterocycles. The van der Waals surface area contributed by atoms with Crippen LogP contribution in [0.1, 0.15) is 10.4 Å². The third-order valence-corrected chi connectivity index (χ3v) is 4.69.